The van der Waals surface area contributed by atoms with Crippen molar-refractivity contribution in [2.24, 2.45) is 0 Å². The normalized spacial score (nSPS) is 14.3. The molecule has 0 saturated carbocycles. The fourth-order valence-electron chi connectivity index (χ4n) is 11.0. The third-order valence-corrected chi connectivity index (χ3v) is 18.0. The first-order valence-corrected chi connectivity index (χ1v) is 35.7. The Hall–Kier alpha value is -9.56. The van der Waals surface area contributed by atoms with Gasteiger partial charge in [-0.3, -0.25) is 45.0 Å². The topological polar surface area (TPSA) is 347 Å². The fraction of sp³-hybridized carbons (Fsp3) is 0.430. The van der Waals surface area contributed by atoms with Gasteiger partial charge in [0.05, 0.1) is 62.6 Å². The van der Waals surface area contributed by atoms with Crippen molar-refractivity contribution in [2.45, 2.75) is 206 Å². The van der Waals surface area contributed by atoms with E-state index in [0.29, 0.717) is 55.4 Å². The fourth-order valence-corrected chi connectivity index (χ4v) is 11.0. The number of alkyl halides is 1. The molecule has 0 unspecified atom stereocenters. The highest BCUT2D eigenvalue weighted by molar-refractivity contribution is 9.09. The van der Waals surface area contributed by atoms with Crippen molar-refractivity contribution in [1.82, 2.24) is 31.3 Å². The van der Waals surface area contributed by atoms with Crippen molar-refractivity contribution >= 4 is 106 Å². The second-order valence-corrected chi connectivity index (χ2v) is 31.8. The first-order chi connectivity index (χ1) is 48.9. The van der Waals surface area contributed by atoms with Crippen LogP contribution in [0.3, 0.4) is 0 Å². The monoisotopic (exact) mass is 1530 g/mol. The molecular weight excluding hydrogens is 1420 g/mol. The molecule has 8 rings (SSSR count). The maximum atomic E-state index is 13.5. The molecule has 2 aliphatic heterocycles. The molecule has 570 valence electrons. The van der Waals surface area contributed by atoms with Gasteiger partial charge in [0, 0.05) is 66.8 Å². The van der Waals surface area contributed by atoms with Crippen molar-refractivity contribution in [1.29, 1.82) is 15.8 Å². The number of benzene rings is 6. The van der Waals surface area contributed by atoms with E-state index in [0.717, 1.165) is 33.4 Å². The molecule has 0 atom stereocenters. The Balaban J connectivity index is 0.000000330. The minimum absolute atomic E-state index is 0. The highest BCUT2D eigenvalue weighted by atomic mass is 79.9. The summed E-state index contributed by atoms with van der Waals surface area (Å²) in [6, 6.07) is 36.8. The van der Waals surface area contributed by atoms with Crippen LogP contribution in [0.15, 0.2) is 109 Å². The number of hydrogen-bond acceptors (Lipinski definition) is 18. The molecule has 28 heteroatoms. The number of nitrogens with one attached hydrogen (secondary N) is 5. The van der Waals surface area contributed by atoms with E-state index in [-0.39, 0.29) is 55.0 Å². The van der Waals surface area contributed by atoms with E-state index in [4.69, 9.17) is 40.1 Å². The number of nitrogens with zero attached hydrogens (tertiary/aromatic N) is 6. The van der Waals surface area contributed by atoms with E-state index in [1.54, 1.807) is 69.3 Å². The van der Waals surface area contributed by atoms with Crippen LogP contribution in [0.2, 0.25) is 0 Å². The number of rotatable bonds is 13. The van der Waals surface area contributed by atoms with Crippen LogP contribution in [0, 0.1) is 75.5 Å². The van der Waals surface area contributed by atoms with Crippen molar-refractivity contribution in [2.75, 3.05) is 34.8 Å². The summed E-state index contributed by atoms with van der Waals surface area (Å²) < 4.78 is 24.5. The van der Waals surface area contributed by atoms with Crippen LogP contribution in [0.1, 0.15) is 221 Å². The molecule has 2 aliphatic rings. The van der Waals surface area contributed by atoms with Crippen molar-refractivity contribution in [3.63, 3.8) is 0 Å². The lowest BCUT2D eigenvalue weighted by molar-refractivity contribution is 0.00578. The van der Waals surface area contributed by atoms with Gasteiger partial charge in [0.25, 0.3) is 35.4 Å². The van der Waals surface area contributed by atoms with Crippen LogP contribution in [-0.2, 0) is 18.6 Å². The predicted octanol–water partition coefficient (Wildman–Crippen LogP) is 10.9. The molecule has 0 radical (unpaired) electrons. The number of anilines is 3. The number of amides is 6. The van der Waals surface area contributed by atoms with Gasteiger partial charge in [-0.05, 0) is 232 Å². The summed E-state index contributed by atoms with van der Waals surface area (Å²) >= 11 is 2.89. The Labute approximate surface area is 641 Å². The second-order valence-electron chi connectivity index (χ2n) is 31.2. The van der Waals surface area contributed by atoms with Gasteiger partial charge in [0.15, 0.2) is 0 Å². The maximum absolute atomic E-state index is 13.5. The third kappa shape index (κ3) is 23.7. The minimum atomic E-state index is -1.77. The summed E-state index contributed by atoms with van der Waals surface area (Å²) in [5.74, 6) is -2.36. The number of nitriles is 3. The Bertz CT molecular complexity index is 4280. The van der Waals surface area contributed by atoms with Gasteiger partial charge < -0.3 is 45.0 Å². The number of nitrogen functional groups attached to an aromatic ring is 1. The van der Waals surface area contributed by atoms with Gasteiger partial charge in [0.1, 0.15) is 13.1 Å². The van der Waals surface area contributed by atoms with E-state index < -0.39 is 78.1 Å². The lowest BCUT2D eigenvalue weighted by Gasteiger charge is -2.35. The first kappa shape index (κ1) is 89.8. The molecule has 9 N–H and O–H groups in total. The van der Waals surface area contributed by atoms with Crippen molar-refractivity contribution in [3.05, 3.63) is 176 Å². The highest BCUT2D eigenvalue weighted by Gasteiger charge is 2.54. The van der Waals surface area contributed by atoms with E-state index in [1.807, 2.05) is 193 Å². The second kappa shape index (κ2) is 36.4. The zero-order chi connectivity index (χ0) is 80.2. The molecule has 2 fully saturated rings. The molecule has 0 aromatic heterocycles. The SMILES string of the molecule is C.Cc1cc(C)cc(C(=O)N(NC(=O)c2ccc(B(O)O)c(NCC#N)c2)C(C)(C)C)c1.Cc1cc(C)cc(C(=O)N(NC(=O)c2ccc(B3OC(C)(C)C(C)(C)O3)c(N)c2)C(C)(C)C)c1.Cc1cc(C)cc(C(=O)N(NC(=O)c2ccc(B3OC(C)(C)C(C)(C)O3)c(NCC#N)c2)C(C)(C)C)c1.N#CCBr. The van der Waals surface area contributed by atoms with Crippen molar-refractivity contribution in [3.8, 4) is 18.2 Å². The minimum Gasteiger partial charge on any atom is -0.423 e. The summed E-state index contributed by atoms with van der Waals surface area (Å²) in [4.78, 5) is 79.5. The number of hydrogen-bond donors (Lipinski definition) is 8. The van der Waals surface area contributed by atoms with Crippen LogP contribution in [0.5, 0.6) is 0 Å². The van der Waals surface area contributed by atoms with Crippen LogP contribution < -0.4 is 49.0 Å². The van der Waals surface area contributed by atoms with Gasteiger partial charge in [-0.25, -0.2) is 15.0 Å². The van der Waals surface area contributed by atoms with E-state index in [9.17, 15) is 38.8 Å². The average molecular weight is 1530 g/mol. The number of carbonyl (C=O) groups excluding carboxylic acids is 6. The number of aryl methyl sites for hydroxylation is 6. The highest BCUT2D eigenvalue weighted by Crippen LogP contribution is 2.39. The third-order valence-electron chi connectivity index (χ3n) is 17.7. The molecular formula is C79H106B3BrN12O12. The number of nitrogens with two attached hydrogens (primary N) is 1. The lowest BCUT2D eigenvalue weighted by atomic mass is 9.77. The molecule has 24 nitrogen and oxygen atoms in total. The molecule has 0 spiro atoms. The smallest absolute Gasteiger partial charge is 0.423 e. The zero-order valence-corrected chi connectivity index (χ0v) is 66.9. The number of carbonyl (C=O) groups is 6. The first-order valence-electron chi connectivity index (χ1n) is 34.5. The predicted molar refractivity (Wildman–Crippen MR) is 427 cm³/mol. The Morgan fingerprint density at radius 2 is 0.720 bits per heavy atom. The molecule has 2 saturated heterocycles. The lowest BCUT2D eigenvalue weighted by Crippen LogP contribution is -2.56. The summed E-state index contributed by atoms with van der Waals surface area (Å²) in [5, 5.41) is 54.8. The number of halogens is 1. The van der Waals surface area contributed by atoms with Gasteiger partial charge in [-0.1, -0.05) is 93.1 Å². The molecule has 0 bridgehead atoms. The van der Waals surface area contributed by atoms with E-state index in [2.05, 4.69) is 48.9 Å². The molecule has 0 aliphatic carbocycles. The van der Waals surface area contributed by atoms with Gasteiger partial charge in [-0.15, -0.1) is 0 Å². The van der Waals surface area contributed by atoms with Crippen molar-refractivity contribution < 1.29 is 57.4 Å². The van der Waals surface area contributed by atoms with E-state index >= 15 is 0 Å². The van der Waals surface area contributed by atoms with E-state index in [1.165, 1.54) is 33.2 Å². The summed E-state index contributed by atoms with van der Waals surface area (Å²) in [5.41, 5.74) is 21.2. The zero-order valence-electron chi connectivity index (χ0n) is 65.4. The Morgan fingerprint density at radius 1 is 0.449 bits per heavy atom. The van der Waals surface area contributed by atoms with Crippen LogP contribution in [0.25, 0.3) is 0 Å². The Kier molecular flexibility index (Phi) is 30.5. The number of hydrazine groups is 3. The summed E-state index contributed by atoms with van der Waals surface area (Å²) in [7, 11) is -3.06. The summed E-state index contributed by atoms with van der Waals surface area (Å²) in [6.07, 6.45) is 0. The van der Waals surface area contributed by atoms with Gasteiger partial charge >= 0.3 is 21.4 Å². The largest absolute Gasteiger partial charge is 0.496 e. The molecule has 107 heavy (non-hydrogen) atoms. The molecule has 2 heterocycles. The van der Waals surface area contributed by atoms with Crippen LogP contribution in [-0.4, -0.2) is 139 Å². The quantitative estimate of drug-likeness (QED) is 0.0175. The Morgan fingerprint density at radius 3 is 1.00 bits per heavy atom. The van der Waals surface area contributed by atoms with Gasteiger partial charge in [0.2, 0.25) is 0 Å². The average Bonchev–Trinajstić information content (AvgIpc) is 1.57. The van der Waals surface area contributed by atoms with Gasteiger partial charge in [-0.2, -0.15) is 15.8 Å². The van der Waals surface area contributed by atoms with Crippen LogP contribution >= 0.6 is 15.9 Å². The van der Waals surface area contributed by atoms with Crippen LogP contribution in [0.4, 0.5) is 17.1 Å². The molecule has 6 aromatic rings. The summed E-state index contributed by atoms with van der Waals surface area (Å²) in [6.45, 7) is 43.8. The maximum Gasteiger partial charge on any atom is 0.496 e. The molecule has 6 aromatic carbocycles. The molecule has 6 amide bonds. The standard InChI is InChI=1S/C28H37BN4O4.C26H36BN3O4.C22H27BN4O4.C2H2BrN.CH4/c1-18-14-19(2)16-21(15-18)25(35)33(26(3,4)5)32-24(34)20-10-11-22(23(17-20)31-13-12-30)29-36-27(6,7)28(8,9)37-29;1-16-12-17(2)14-19(13-16)23(32)30(24(3,4)5)29-22(31)18-10-11-20(21(28)15-18)27-33-25(6,7)26(8,9)34-27;1-14-10-15(2)12-17(11-14)21(29)27(22(3,4)5)26-20(28)16-6-7-18(23(30)31)19(13-16)25-9-8-24;3-1-2-4;/h10-11,14-17,31H,13H2,1-9H3,(H,32,34);10-15H,28H2,1-9H3,(H,29,31);6-7,10-13,25,30-31H,9H2,1-5H3,(H,26,28);1H2;1H4.